The molecule has 0 bridgehead atoms. The number of hydrogen-bond donors (Lipinski definition) is 2. The number of aryl methyl sites for hydroxylation is 1. The second kappa shape index (κ2) is 4.91. The van der Waals surface area contributed by atoms with Gasteiger partial charge < -0.3 is 5.11 Å². The molecular weight excluding hydrogens is 268 g/mol. The zero-order valence-corrected chi connectivity index (χ0v) is 12.1. The third-order valence-corrected chi connectivity index (χ3v) is 4.21. The number of nitrogens with one attached hydrogen (secondary N) is 1. The van der Waals surface area contributed by atoms with Crippen molar-refractivity contribution in [2.75, 3.05) is 0 Å². The molecule has 2 N–H and O–H groups in total. The van der Waals surface area contributed by atoms with E-state index in [2.05, 4.69) is 11.9 Å². The lowest BCUT2D eigenvalue weighted by Crippen LogP contribution is -2.31. The molecule has 21 heavy (non-hydrogen) atoms. The first-order chi connectivity index (χ1) is 9.97. The molecule has 0 radical (unpaired) electrons. The Morgan fingerprint density at radius 1 is 1.29 bits per heavy atom. The lowest BCUT2D eigenvalue weighted by atomic mass is 10.1. The Morgan fingerprint density at radius 3 is 2.48 bits per heavy atom. The Labute approximate surface area is 121 Å². The van der Waals surface area contributed by atoms with Crippen LogP contribution in [0.25, 0.3) is 11.1 Å². The number of nitrogens with zero attached hydrogens (tertiary/aromatic N) is 1. The van der Waals surface area contributed by atoms with Crippen LogP contribution in [0.2, 0.25) is 0 Å². The van der Waals surface area contributed by atoms with Crippen molar-refractivity contribution in [2.24, 2.45) is 11.8 Å². The van der Waals surface area contributed by atoms with Gasteiger partial charge in [0.2, 0.25) is 5.88 Å². The number of benzene rings is 1. The van der Waals surface area contributed by atoms with E-state index < -0.39 is 11.2 Å². The van der Waals surface area contributed by atoms with E-state index in [1.54, 1.807) is 12.1 Å². The van der Waals surface area contributed by atoms with Gasteiger partial charge in [-0.2, -0.15) is 0 Å². The highest BCUT2D eigenvalue weighted by molar-refractivity contribution is 5.67. The van der Waals surface area contributed by atoms with Crippen LogP contribution in [-0.2, 0) is 6.54 Å². The summed E-state index contributed by atoms with van der Waals surface area (Å²) in [6.45, 7) is 4.50. The molecule has 0 saturated heterocycles. The van der Waals surface area contributed by atoms with Crippen LogP contribution in [0.15, 0.2) is 33.9 Å². The number of hydrogen-bond acceptors (Lipinski definition) is 3. The lowest BCUT2D eigenvalue weighted by Gasteiger charge is -2.11. The van der Waals surface area contributed by atoms with Gasteiger partial charge in [-0.3, -0.25) is 14.3 Å². The molecule has 1 aromatic heterocycles. The largest absolute Gasteiger partial charge is 0.494 e. The molecule has 1 heterocycles. The highest BCUT2D eigenvalue weighted by atomic mass is 16.3. The average Bonchev–Trinajstić information content (AvgIpc) is 3.12. The fraction of sp³-hybridized carbons (Fsp3) is 0.375. The molecule has 0 amide bonds. The molecular formula is C16H18N2O3. The minimum absolute atomic E-state index is 0.155. The second-order valence-electron chi connectivity index (χ2n) is 5.91. The van der Waals surface area contributed by atoms with Crippen molar-refractivity contribution < 1.29 is 5.11 Å². The van der Waals surface area contributed by atoms with E-state index in [9.17, 15) is 14.7 Å². The van der Waals surface area contributed by atoms with Gasteiger partial charge in [0.05, 0.1) is 0 Å². The molecule has 1 fully saturated rings. The molecule has 0 spiro atoms. The molecule has 5 nitrogen and oxygen atoms in total. The third-order valence-electron chi connectivity index (χ3n) is 4.21. The van der Waals surface area contributed by atoms with Crippen molar-refractivity contribution in [3.05, 3.63) is 50.7 Å². The number of aromatic hydroxyl groups is 1. The van der Waals surface area contributed by atoms with Gasteiger partial charge in [0.25, 0.3) is 5.56 Å². The first-order valence-corrected chi connectivity index (χ1v) is 7.10. The van der Waals surface area contributed by atoms with Gasteiger partial charge in [-0.05, 0) is 30.7 Å². The third kappa shape index (κ3) is 2.51. The number of aromatic nitrogens is 2. The first kappa shape index (κ1) is 13.7. The average molecular weight is 286 g/mol. The van der Waals surface area contributed by atoms with E-state index in [1.165, 1.54) is 4.57 Å². The standard InChI is InChI=1S/C16H18N2O3/c1-9-3-5-11(6-4-9)13-14(19)17-16(21)18(15(13)20)8-12-7-10(12)2/h3-6,10,12,20H,7-8H2,1-2H3,(H,17,19,21). The molecule has 1 aliphatic rings. The summed E-state index contributed by atoms with van der Waals surface area (Å²) in [6, 6.07) is 7.28. The molecule has 5 heteroatoms. The summed E-state index contributed by atoms with van der Waals surface area (Å²) in [5, 5.41) is 10.4. The summed E-state index contributed by atoms with van der Waals surface area (Å²) in [5.41, 5.74) is 0.726. The maximum atomic E-state index is 12.0. The fourth-order valence-corrected chi connectivity index (χ4v) is 2.60. The number of H-pyrrole nitrogens is 1. The van der Waals surface area contributed by atoms with Crippen LogP contribution in [0.1, 0.15) is 18.9 Å². The van der Waals surface area contributed by atoms with Crippen LogP contribution in [-0.4, -0.2) is 14.7 Å². The van der Waals surface area contributed by atoms with Crippen LogP contribution in [0.4, 0.5) is 0 Å². The molecule has 0 aliphatic heterocycles. The zero-order chi connectivity index (χ0) is 15.1. The van der Waals surface area contributed by atoms with Crippen molar-refractivity contribution in [3.8, 4) is 17.0 Å². The Balaban J connectivity index is 2.11. The molecule has 110 valence electrons. The van der Waals surface area contributed by atoms with Gasteiger partial charge in [-0.15, -0.1) is 0 Å². The minimum atomic E-state index is -0.554. The minimum Gasteiger partial charge on any atom is -0.494 e. The van der Waals surface area contributed by atoms with E-state index in [-0.39, 0.29) is 11.4 Å². The zero-order valence-electron chi connectivity index (χ0n) is 12.1. The van der Waals surface area contributed by atoms with E-state index in [1.807, 2.05) is 19.1 Å². The Bertz CT molecular complexity index is 787. The molecule has 2 unspecified atom stereocenters. The van der Waals surface area contributed by atoms with Gasteiger partial charge in [0.15, 0.2) is 0 Å². The fourth-order valence-electron chi connectivity index (χ4n) is 2.60. The van der Waals surface area contributed by atoms with Gasteiger partial charge in [-0.1, -0.05) is 36.8 Å². The predicted octanol–water partition coefficient (Wildman–Crippen LogP) is 1.87. The normalized spacial score (nSPS) is 20.5. The summed E-state index contributed by atoms with van der Waals surface area (Å²) >= 11 is 0. The van der Waals surface area contributed by atoms with Crippen LogP contribution >= 0.6 is 0 Å². The topological polar surface area (TPSA) is 75.1 Å². The van der Waals surface area contributed by atoms with Gasteiger partial charge in [0.1, 0.15) is 5.56 Å². The monoisotopic (exact) mass is 286 g/mol. The summed E-state index contributed by atoms with van der Waals surface area (Å²) in [4.78, 5) is 26.3. The summed E-state index contributed by atoms with van der Waals surface area (Å²) in [7, 11) is 0. The lowest BCUT2D eigenvalue weighted by molar-refractivity contribution is 0.391. The van der Waals surface area contributed by atoms with Crippen LogP contribution < -0.4 is 11.2 Å². The summed E-state index contributed by atoms with van der Waals surface area (Å²) in [6.07, 6.45) is 1.05. The molecule has 3 rings (SSSR count). The van der Waals surface area contributed by atoms with Crippen molar-refractivity contribution in [1.82, 2.24) is 9.55 Å². The van der Waals surface area contributed by atoms with E-state index in [4.69, 9.17) is 0 Å². The Hall–Kier alpha value is -2.30. The molecule has 1 saturated carbocycles. The molecule has 2 aromatic rings. The maximum absolute atomic E-state index is 12.0. The highest BCUT2D eigenvalue weighted by Crippen LogP contribution is 2.39. The van der Waals surface area contributed by atoms with Crippen LogP contribution in [0, 0.1) is 18.8 Å². The second-order valence-corrected chi connectivity index (χ2v) is 5.91. The van der Waals surface area contributed by atoms with Gasteiger partial charge in [0, 0.05) is 6.54 Å². The van der Waals surface area contributed by atoms with E-state index in [0.717, 1.165) is 12.0 Å². The quantitative estimate of drug-likeness (QED) is 0.904. The molecule has 1 aliphatic carbocycles. The van der Waals surface area contributed by atoms with Crippen LogP contribution in [0.5, 0.6) is 5.88 Å². The molecule has 2 atom stereocenters. The van der Waals surface area contributed by atoms with Gasteiger partial charge in [-0.25, -0.2) is 4.79 Å². The Morgan fingerprint density at radius 2 is 1.90 bits per heavy atom. The van der Waals surface area contributed by atoms with Crippen molar-refractivity contribution >= 4 is 0 Å². The van der Waals surface area contributed by atoms with Crippen molar-refractivity contribution in [3.63, 3.8) is 0 Å². The predicted molar refractivity (Wildman–Crippen MR) is 80.4 cm³/mol. The van der Waals surface area contributed by atoms with Crippen molar-refractivity contribution in [2.45, 2.75) is 26.8 Å². The summed E-state index contributed by atoms with van der Waals surface area (Å²) in [5.74, 6) is 0.711. The van der Waals surface area contributed by atoms with Gasteiger partial charge >= 0.3 is 5.69 Å². The van der Waals surface area contributed by atoms with E-state index >= 15 is 0 Å². The smallest absolute Gasteiger partial charge is 0.331 e. The summed E-state index contributed by atoms with van der Waals surface area (Å²) < 4.78 is 1.27. The maximum Gasteiger partial charge on any atom is 0.331 e. The number of rotatable bonds is 3. The number of aromatic amines is 1. The van der Waals surface area contributed by atoms with E-state index in [0.29, 0.717) is 23.9 Å². The van der Waals surface area contributed by atoms with Crippen molar-refractivity contribution in [1.29, 1.82) is 0 Å². The SMILES string of the molecule is Cc1ccc(-c2c(O)n(CC3CC3C)c(=O)[nH]c2=O)cc1. The molecule has 1 aromatic carbocycles. The van der Waals surface area contributed by atoms with Crippen LogP contribution in [0.3, 0.4) is 0 Å². The first-order valence-electron chi connectivity index (χ1n) is 7.10. The highest BCUT2D eigenvalue weighted by Gasteiger charge is 2.34. The Kier molecular flexibility index (Phi) is 3.20.